The van der Waals surface area contributed by atoms with Crippen molar-refractivity contribution in [2.75, 3.05) is 0 Å². The SMILES string of the molecule is C=C(C)C(=O)OC1(C(C)CCCCCC)C2CC3CC1CC(C)(C3)C2. The van der Waals surface area contributed by atoms with Gasteiger partial charge in [-0.1, -0.05) is 53.0 Å². The van der Waals surface area contributed by atoms with Crippen molar-refractivity contribution >= 4 is 5.97 Å². The van der Waals surface area contributed by atoms with Crippen LogP contribution in [0.3, 0.4) is 0 Å². The molecule has 4 bridgehead atoms. The molecule has 3 unspecified atom stereocenters. The minimum atomic E-state index is -0.224. The van der Waals surface area contributed by atoms with Gasteiger partial charge < -0.3 is 4.74 Å². The van der Waals surface area contributed by atoms with E-state index in [4.69, 9.17) is 4.74 Å². The van der Waals surface area contributed by atoms with E-state index in [1.54, 1.807) is 6.92 Å². The molecule has 4 saturated carbocycles. The lowest BCUT2D eigenvalue weighted by Crippen LogP contribution is -2.64. The fourth-order valence-corrected chi connectivity index (χ4v) is 6.81. The lowest BCUT2D eigenvalue weighted by atomic mass is 9.43. The smallest absolute Gasteiger partial charge is 0.333 e. The van der Waals surface area contributed by atoms with Crippen LogP contribution in [0.4, 0.5) is 0 Å². The van der Waals surface area contributed by atoms with Gasteiger partial charge in [-0.3, -0.25) is 0 Å². The molecular weight excluding hydrogens is 308 g/mol. The van der Waals surface area contributed by atoms with Crippen molar-refractivity contribution in [1.29, 1.82) is 0 Å². The summed E-state index contributed by atoms with van der Waals surface area (Å²) in [6, 6.07) is 0. The third-order valence-electron chi connectivity index (χ3n) is 7.65. The number of rotatable bonds is 8. The second-order valence-corrected chi connectivity index (χ2v) is 9.93. The number of carbonyl (C=O) groups excluding carboxylic acids is 1. The maximum Gasteiger partial charge on any atom is 0.333 e. The average Bonchev–Trinajstić information content (AvgIpc) is 2.53. The summed E-state index contributed by atoms with van der Waals surface area (Å²) in [7, 11) is 0. The van der Waals surface area contributed by atoms with Gasteiger partial charge in [0.2, 0.25) is 0 Å². The molecule has 0 aromatic carbocycles. The molecule has 0 amide bonds. The Bertz CT molecular complexity index is 504. The van der Waals surface area contributed by atoms with Crippen LogP contribution >= 0.6 is 0 Å². The molecule has 2 nitrogen and oxygen atoms in total. The molecule has 0 aromatic rings. The zero-order chi connectivity index (χ0) is 18.2. The van der Waals surface area contributed by atoms with E-state index in [-0.39, 0.29) is 11.6 Å². The van der Waals surface area contributed by atoms with Crippen LogP contribution in [0, 0.1) is 29.1 Å². The topological polar surface area (TPSA) is 26.3 Å². The van der Waals surface area contributed by atoms with Gasteiger partial charge in [0.05, 0.1) is 0 Å². The summed E-state index contributed by atoms with van der Waals surface area (Å²) >= 11 is 0. The lowest BCUT2D eigenvalue weighted by molar-refractivity contribution is -0.238. The first kappa shape index (κ1) is 19.0. The molecule has 4 rings (SSSR count). The summed E-state index contributed by atoms with van der Waals surface area (Å²) in [6.07, 6.45) is 12.8. The molecule has 0 heterocycles. The Morgan fingerprint density at radius 1 is 1.16 bits per heavy atom. The van der Waals surface area contributed by atoms with E-state index >= 15 is 0 Å². The molecule has 0 aromatic heterocycles. The van der Waals surface area contributed by atoms with E-state index < -0.39 is 0 Å². The summed E-state index contributed by atoms with van der Waals surface area (Å²) in [5.74, 6) is 2.30. The summed E-state index contributed by atoms with van der Waals surface area (Å²) < 4.78 is 6.40. The summed E-state index contributed by atoms with van der Waals surface area (Å²) in [5.41, 5.74) is 0.827. The van der Waals surface area contributed by atoms with Crippen LogP contribution in [0.25, 0.3) is 0 Å². The molecular formula is C23H38O2. The highest BCUT2D eigenvalue weighted by Gasteiger charge is 2.64. The van der Waals surface area contributed by atoms with E-state index in [2.05, 4.69) is 27.4 Å². The van der Waals surface area contributed by atoms with Crippen LogP contribution in [-0.2, 0) is 9.53 Å². The molecule has 0 N–H and O–H groups in total. The zero-order valence-electron chi connectivity index (χ0n) is 16.9. The van der Waals surface area contributed by atoms with E-state index in [0.717, 1.165) is 5.92 Å². The fourth-order valence-electron chi connectivity index (χ4n) is 6.81. The van der Waals surface area contributed by atoms with Gasteiger partial charge in [-0.2, -0.15) is 0 Å². The van der Waals surface area contributed by atoms with Crippen molar-refractivity contribution in [1.82, 2.24) is 0 Å². The van der Waals surface area contributed by atoms with E-state index in [0.29, 0.717) is 28.7 Å². The number of ether oxygens (including phenoxy) is 1. The van der Waals surface area contributed by atoms with Crippen molar-refractivity contribution in [3.8, 4) is 0 Å². The summed E-state index contributed by atoms with van der Waals surface area (Å²) in [6.45, 7) is 12.8. The molecule has 3 atom stereocenters. The van der Waals surface area contributed by atoms with Crippen molar-refractivity contribution in [3.63, 3.8) is 0 Å². The van der Waals surface area contributed by atoms with Gasteiger partial charge in [-0.25, -0.2) is 4.79 Å². The van der Waals surface area contributed by atoms with Gasteiger partial charge >= 0.3 is 5.97 Å². The monoisotopic (exact) mass is 346 g/mol. The van der Waals surface area contributed by atoms with Crippen LogP contribution in [0.2, 0.25) is 0 Å². The van der Waals surface area contributed by atoms with E-state index in [1.165, 1.54) is 64.2 Å². The number of hydrogen-bond acceptors (Lipinski definition) is 2. The predicted molar refractivity (Wildman–Crippen MR) is 103 cm³/mol. The molecule has 4 fully saturated rings. The van der Waals surface area contributed by atoms with Crippen LogP contribution in [0.1, 0.15) is 91.9 Å². The van der Waals surface area contributed by atoms with E-state index in [9.17, 15) is 4.79 Å². The van der Waals surface area contributed by atoms with Crippen molar-refractivity contribution in [3.05, 3.63) is 12.2 Å². The van der Waals surface area contributed by atoms with Gasteiger partial charge in [0.1, 0.15) is 5.60 Å². The second-order valence-electron chi connectivity index (χ2n) is 9.93. The highest BCUT2D eigenvalue weighted by molar-refractivity contribution is 5.87. The first-order valence-corrected chi connectivity index (χ1v) is 10.7. The molecule has 25 heavy (non-hydrogen) atoms. The Hall–Kier alpha value is -0.790. The first-order valence-electron chi connectivity index (χ1n) is 10.7. The third-order valence-corrected chi connectivity index (χ3v) is 7.65. The minimum Gasteiger partial charge on any atom is -0.455 e. The lowest BCUT2D eigenvalue weighted by Gasteiger charge is -2.65. The van der Waals surface area contributed by atoms with E-state index in [1.807, 2.05) is 0 Å². The van der Waals surface area contributed by atoms with Crippen molar-refractivity contribution in [2.24, 2.45) is 29.1 Å². The van der Waals surface area contributed by atoms with Crippen molar-refractivity contribution < 1.29 is 9.53 Å². The highest BCUT2D eigenvalue weighted by atomic mass is 16.6. The maximum absolute atomic E-state index is 12.6. The van der Waals surface area contributed by atoms with Crippen LogP contribution < -0.4 is 0 Å². The fraction of sp³-hybridized carbons (Fsp3) is 0.870. The molecule has 0 aliphatic heterocycles. The zero-order valence-corrected chi connectivity index (χ0v) is 16.9. The third kappa shape index (κ3) is 3.43. The quantitative estimate of drug-likeness (QED) is 0.293. The van der Waals surface area contributed by atoms with Crippen LogP contribution in [0.5, 0.6) is 0 Å². The number of esters is 1. The molecule has 4 aliphatic carbocycles. The Morgan fingerprint density at radius 2 is 1.80 bits per heavy atom. The van der Waals surface area contributed by atoms with Gasteiger partial charge in [0.15, 0.2) is 0 Å². The predicted octanol–water partition coefficient (Wildman–Crippen LogP) is 6.30. The number of carbonyl (C=O) groups is 1. The Kier molecular flexibility index (Phi) is 5.38. The number of unbranched alkanes of at least 4 members (excludes halogenated alkanes) is 3. The van der Waals surface area contributed by atoms with Gasteiger partial charge in [0, 0.05) is 17.4 Å². The average molecular weight is 347 g/mol. The standard InChI is InChI=1S/C23H38O2/c1-6-7-8-9-10-17(4)23(25-21(24)16(2)3)19-11-18-12-20(23)15-22(5,13-18)14-19/h17-20H,2,6-15H2,1,3-5H3. The highest BCUT2D eigenvalue weighted by Crippen LogP contribution is 2.66. The summed E-state index contributed by atoms with van der Waals surface area (Å²) in [5, 5.41) is 0. The first-order chi connectivity index (χ1) is 11.8. The largest absolute Gasteiger partial charge is 0.455 e. The normalized spacial score (nSPS) is 40.1. The molecule has 2 heteroatoms. The van der Waals surface area contributed by atoms with Gasteiger partial charge in [-0.05, 0) is 62.7 Å². The Balaban J connectivity index is 1.83. The number of hydrogen-bond donors (Lipinski definition) is 0. The molecule has 0 saturated heterocycles. The maximum atomic E-state index is 12.6. The van der Waals surface area contributed by atoms with Crippen LogP contribution in [-0.4, -0.2) is 11.6 Å². The van der Waals surface area contributed by atoms with Crippen LogP contribution in [0.15, 0.2) is 12.2 Å². The Morgan fingerprint density at radius 3 is 2.32 bits per heavy atom. The molecule has 0 radical (unpaired) electrons. The molecule has 142 valence electrons. The Labute approximate surface area is 154 Å². The van der Waals surface area contributed by atoms with Gasteiger partial charge in [0.25, 0.3) is 0 Å². The molecule has 0 spiro atoms. The minimum absolute atomic E-state index is 0.155. The van der Waals surface area contributed by atoms with Gasteiger partial charge in [-0.15, -0.1) is 0 Å². The van der Waals surface area contributed by atoms with Crippen molar-refractivity contribution in [2.45, 2.75) is 97.5 Å². The molecule has 4 aliphatic rings. The summed E-state index contributed by atoms with van der Waals surface area (Å²) in [4.78, 5) is 12.6. The second kappa shape index (κ2) is 7.08.